The molecule has 0 aliphatic heterocycles. The zero-order chi connectivity index (χ0) is 23.6. The lowest BCUT2D eigenvalue weighted by Gasteiger charge is -2.31. The van der Waals surface area contributed by atoms with Gasteiger partial charge in [-0.15, -0.1) is 11.3 Å². The Bertz CT molecular complexity index is 1080. The molecule has 1 atom stereocenters. The van der Waals surface area contributed by atoms with Crippen LogP contribution in [0.25, 0.3) is 0 Å². The second kappa shape index (κ2) is 9.79. The smallest absolute Gasteiger partial charge is 0.346 e. The molecule has 32 heavy (non-hydrogen) atoms. The van der Waals surface area contributed by atoms with Gasteiger partial charge in [0.25, 0.3) is 0 Å². The molecule has 0 saturated heterocycles. The molecule has 0 radical (unpaired) electrons. The van der Waals surface area contributed by atoms with Crippen LogP contribution in [0, 0.1) is 30.1 Å². The van der Waals surface area contributed by atoms with Crippen molar-refractivity contribution in [1.82, 2.24) is 0 Å². The number of hydrogen-bond donors (Lipinski definition) is 2. The van der Waals surface area contributed by atoms with Crippen LogP contribution in [0.2, 0.25) is 5.02 Å². The van der Waals surface area contributed by atoms with E-state index in [2.05, 4.69) is 11.8 Å². The lowest BCUT2D eigenvalue weighted by Crippen LogP contribution is -2.28. The highest BCUT2D eigenvalue weighted by molar-refractivity contribution is 7.14. The molecule has 1 saturated carbocycles. The zero-order valence-electron chi connectivity index (χ0n) is 18.9. The number of carbonyl (C=O) groups excluding carboxylic acids is 1. The Labute approximate surface area is 198 Å². The van der Waals surface area contributed by atoms with E-state index in [-0.39, 0.29) is 28.1 Å². The van der Waals surface area contributed by atoms with Crippen LogP contribution in [0.15, 0.2) is 24.3 Å². The predicted molar refractivity (Wildman–Crippen MR) is 129 cm³/mol. The number of rotatable bonds is 5. The van der Waals surface area contributed by atoms with Crippen LogP contribution in [-0.4, -0.2) is 28.1 Å². The van der Waals surface area contributed by atoms with Crippen molar-refractivity contribution in [2.45, 2.75) is 65.4 Å². The van der Waals surface area contributed by atoms with Gasteiger partial charge in [-0.2, -0.15) is 0 Å². The number of carboxylic acid groups (broad SMARTS) is 1. The van der Waals surface area contributed by atoms with Crippen LogP contribution >= 0.6 is 22.9 Å². The first-order valence-corrected chi connectivity index (χ1v) is 12.0. The number of carbonyl (C=O) groups is 2. The summed E-state index contributed by atoms with van der Waals surface area (Å²) in [5.74, 6) is 4.29. The van der Waals surface area contributed by atoms with Gasteiger partial charge in [-0.25, -0.2) is 4.79 Å². The van der Waals surface area contributed by atoms with E-state index in [0.717, 1.165) is 16.9 Å². The third-order valence-corrected chi connectivity index (χ3v) is 7.10. The average molecular weight is 473 g/mol. The normalized spacial score (nSPS) is 19.7. The summed E-state index contributed by atoms with van der Waals surface area (Å²) in [5, 5.41) is 20.3. The van der Waals surface area contributed by atoms with E-state index < -0.39 is 11.9 Å². The molecule has 1 aromatic carbocycles. The molecule has 1 unspecified atom stereocenters. The van der Waals surface area contributed by atoms with Crippen molar-refractivity contribution in [1.29, 1.82) is 0 Å². The minimum absolute atomic E-state index is 0.0700. The van der Waals surface area contributed by atoms with Crippen molar-refractivity contribution in [2.24, 2.45) is 11.3 Å². The molecule has 0 amide bonds. The highest BCUT2D eigenvalue weighted by Gasteiger charge is 2.37. The van der Waals surface area contributed by atoms with Gasteiger partial charge in [0.1, 0.15) is 4.88 Å². The van der Waals surface area contributed by atoms with Gasteiger partial charge in [0.2, 0.25) is 0 Å². The summed E-state index contributed by atoms with van der Waals surface area (Å²) in [6.45, 7) is 7.88. The lowest BCUT2D eigenvalue weighted by molar-refractivity contribution is 0.0696. The maximum absolute atomic E-state index is 13.8. The van der Waals surface area contributed by atoms with Crippen molar-refractivity contribution < 1.29 is 19.8 Å². The molecule has 2 N–H and O–H groups in total. The minimum atomic E-state index is -1.06. The maximum atomic E-state index is 13.8. The maximum Gasteiger partial charge on any atom is 0.346 e. The zero-order valence-corrected chi connectivity index (χ0v) is 20.4. The fraction of sp³-hybridized carbons (Fsp3) is 0.462. The molecular weight excluding hydrogens is 444 g/mol. The summed E-state index contributed by atoms with van der Waals surface area (Å²) in [4.78, 5) is 26.7. The second-order valence-corrected chi connectivity index (χ2v) is 11.1. The molecule has 0 bridgehead atoms. The van der Waals surface area contributed by atoms with Crippen molar-refractivity contribution in [3.8, 4) is 11.8 Å². The monoisotopic (exact) mass is 472 g/mol. The van der Waals surface area contributed by atoms with Crippen molar-refractivity contribution >= 4 is 34.7 Å². The predicted octanol–water partition coefficient (Wildman–Crippen LogP) is 6.32. The number of thiophene rings is 1. The second-order valence-electron chi connectivity index (χ2n) is 9.59. The molecule has 0 spiro atoms. The number of aryl methyl sites for hydroxylation is 1. The van der Waals surface area contributed by atoms with E-state index in [4.69, 9.17) is 11.6 Å². The van der Waals surface area contributed by atoms with Gasteiger partial charge in [0, 0.05) is 11.0 Å². The number of hydrogen-bond acceptors (Lipinski definition) is 4. The fourth-order valence-electron chi connectivity index (χ4n) is 4.15. The van der Waals surface area contributed by atoms with Gasteiger partial charge in [0.15, 0.2) is 5.78 Å². The van der Waals surface area contributed by atoms with Gasteiger partial charge < -0.3 is 10.2 Å². The topological polar surface area (TPSA) is 74.6 Å². The Hall–Kier alpha value is -2.13. The molecule has 3 rings (SSSR count). The van der Waals surface area contributed by atoms with Crippen molar-refractivity contribution in [2.75, 3.05) is 0 Å². The van der Waals surface area contributed by atoms with Gasteiger partial charge in [0.05, 0.1) is 21.9 Å². The number of halogens is 1. The molecule has 1 aliphatic carbocycles. The number of carboxylic acids is 1. The van der Waals surface area contributed by atoms with Gasteiger partial charge in [-0.05, 0) is 88.6 Å². The first kappa shape index (κ1) is 24.5. The largest absolute Gasteiger partial charge is 0.477 e. The number of aliphatic hydroxyl groups is 1. The summed E-state index contributed by atoms with van der Waals surface area (Å²) in [7, 11) is 0. The molecule has 2 aromatic rings. The van der Waals surface area contributed by atoms with E-state index in [0.29, 0.717) is 46.7 Å². The average Bonchev–Trinajstić information content (AvgIpc) is 3.12. The summed E-state index contributed by atoms with van der Waals surface area (Å²) >= 11 is 7.54. The Morgan fingerprint density at radius 1 is 1.16 bits per heavy atom. The highest BCUT2D eigenvalue weighted by atomic mass is 35.5. The number of aliphatic hydroxyl groups excluding tert-OH is 1. The van der Waals surface area contributed by atoms with Crippen LogP contribution in [0.1, 0.15) is 88.4 Å². The molecule has 1 heterocycles. The van der Waals surface area contributed by atoms with E-state index in [9.17, 15) is 19.8 Å². The Morgan fingerprint density at radius 2 is 1.81 bits per heavy atom. The Balaban J connectivity index is 2.12. The Morgan fingerprint density at radius 3 is 2.38 bits per heavy atom. The summed E-state index contributed by atoms with van der Waals surface area (Å²) < 4.78 is 0. The summed E-state index contributed by atoms with van der Waals surface area (Å²) in [6.07, 6.45) is 2.12. The molecular formula is C26H29ClO4S. The van der Waals surface area contributed by atoms with E-state index >= 15 is 0 Å². The Kier molecular flexibility index (Phi) is 7.50. The first-order chi connectivity index (χ1) is 15.0. The van der Waals surface area contributed by atoms with Gasteiger partial charge >= 0.3 is 5.97 Å². The van der Waals surface area contributed by atoms with E-state index in [1.54, 1.807) is 18.2 Å². The van der Waals surface area contributed by atoms with Crippen molar-refractivity contribution in [3.05, 3.63) is 55.7 Å². The van der Waals surface area contributed by atoms with Crippen LogP contribution in [-0.2, 0) is 0 Å². The van der Waals surface area contributed by atoms with Crippen LogP contribution in [0.5, 0.6) is 0 Å². The molecule has 1 fully saturated rings. The lowest BCUT2D eigenvalue weighted by atomic mass is 9.73. The van der Waals surface area contributed by atoms with Gasteiger partial charge in [-0.3, -0.25) is 4.79 Å². The summed E-state index contributed by atoms with van der Waals surface area (Å²) in [5.41, 5.74) is 1.63. The number of aromatic carboxylic acids is 1. The SMILES string of the molecule is Cc1ccc(C(=O)C(c2cc(C#CC(C)(C)C)sc2C(=O)O)C2CCC(O)CC2)c(Cl)c1. The highest BCUT2D eigenvalue weighted by Crippen LogP contribution is 2.42. The number of Topliss-reactive ketones (excluding diaryl/α,β-unsaturated/α-hetero) is 1. The van der Waals surface area contributed by atoms with E-state index in [1.165, 1.54) is 0 Å². The molecule has 4 nitrogen and oxygen atoms in total. The molecule has 6 heteroatoms. The molecule has 170 valence electrons. The summed E-state index contributed by atoms with van der Waals surface area (Å²) in [6, 6.07) is 7.08. The molecule has 1 aromatic heterocycles. The quantitative estimate of drug-likeness (QED) is 0.394. The third kappa shape index (κ3) is 5.81. The number of benzene rings is 1. The van der Waals surface area contributed by atoms with Gasteiger partial charge in [-0.1, -0.05) is 29.5 Å². The first-order valence-electron chi connectivity index (χ1n) is 10.8. The number of ketones is 1. The van der Waals surface area contributed by atoms with Crippen LogP contribution < -0.4 is 0 Å². The van der Waals surface area contributed by atoms with Crippen LogP contribution in [0.3, 0.4) is 0 Å². The standard InChI is InChI=1S/C26H29ClO4S/c1-15-5-10-19(21(27)13-15)23(29)22(16-6-8-17(28)9-7-16)20-14-18(11-12-26(2,3)4)32-24(20)25(30)31/h5,10,13-14,16-17,22,28H,6-9H2,1-4H3,(H,30,31). The molecule has 1 aliphatic rings. The van der Waals surface area contributed by atoms with E-state index in [1.807, 2.05) is 33.8 Å². The minimum Gasteiger partial charge on any atom is -0.477 e. The van der Waals surface area contributed by atoms with Crippen LogP contribution in [0.4, 0.5) is 0 Å². The third-order valence-electron chi connectivity index (χ3n) is 5.74. The van der Waals surface area contributed by atoms with Crippen molar-refractivity contribution in [3.63, 3.8) is 0 Å². The fourth-order valence-corrected chi connectivity index (χ4v) is 5.37.